The number of halogens is 1. The topological polar surface area (TPSA) is 69.3 Å². The van der Waals surface area contributed by atoms with Gasteiger partial charge in [-0.25, -0.2) is 9.37 Å². The number of nitrogens with one attached hydrogen (secondary N) is 1. The summed E-state index contributed by atoms with van der Waals surface area (Å²) in [7, 11) is 0. The van der Waals surface area contributed by atoms with Crippen LogP contribution in [0.2, 0.25) is 0 Å². The molecular weight excluding hydrogens is 451 g/mol. The number of nitrogens with zero attached hydrogens (tertiary/aromatic N) is 3. The maximum Gasteiger partial charge on any atom is 0.268 e. The maximum atomic E-state index is 13.2. The van der Waals surface area contributed by atoms with E-state index in [0.717, 1.165) is 29.1 Å². The number of carbonyl (C=O) groups is 1. The Labute approximate surface area is 200 Å². The number of H-pyrrole nitrogens is 1. The van der Waals surface area contributed by atoms with Gasteiger partial charge in [0, 0.05) is 31.1 Å². The summed E-state index contributed by atoms with van der Waals surface area (Å²) in [5.74, 6) is 0.462. The lowest BCUT2D eigenvalue weighted by Gasteiger charge is -2.34. The normalized spacial score (nSPS) is 14.6. The number of hydrogen-bond acceptors (Lipinski definition) is 5. The number of fused-ring (bicyclic) bond motifs is 1. The number of aryl methyl sites for hydroxylation is 1. The summed E-state index contributed by atoms with van der Waals surface area (Å²) >= 11 is 1.36. The molecule has 5 rings (SSSR count). The van der Waals surface area contributed by atoms with E-state index in [1.54, 1.807) is 12.1 Å². The van der Waals surface area contributed by atoms with Crippen molar-refractivity contribution in [2.45, 2.75) is 19.9 Å². The number of amides is 1. The van der Waals surface area contributed by atoms with Crippen LogP contribution < -0.4 is 5.56 Å². The molecule has 1 aliphatic heterocycles. The van der Waals surface area contributed by atoms with Gasteiger partial charge in [0.1, 0.15) is 16.3 Å². The second-order valence-corrected chi connectivity index (χ2v) is 9.72. The molecule has 1 N–H and O–H groups in total. The lowest BCUT2D eigenvalue weighted by molar-refractivity contribution is -0.132. The number of benzene rings is 2. The number of thiophene rings is 1. The first kappa shape index (κ1) is 22.4. The van der Waals surface area contributed by atoms with E-state index in [4.69, 9.17) is 0 Å². The van der Waals surface area contributed by atoms with Crippen LogP contribution in [-0.2, 0) is 17.8 Å². The van der Waals surface area contributed by atoms with E-state index in [-0.39, 0.29) is 17.3 Å². The number of carbonyl (C=O) groups excluding carboxylic acids is 1. The molecule has 2 aromatic carbocycles. The molecule has 34 heavy (non-hydrogen) atoms. The van der Waals surface area contributed by atoms with Crippen LogP contribution in [0.25, 0.3) is 20.7 Å². The van der Waals surface area contributed by atoms with Gasteiger partial charge in [-0.05, 0) is 36.2 Å². The Hall–Kier alpha value is -3.36. The zero-order chi connectivity index (χ0) is 23.7. The lowest BCUT2D eigenvalue weighted by atomic mass is 10.1. The van der Waals surface area contributed by atoms with Crippen molar-refractivity contribution in [3.05, 3.63) is 87.7 Å². The summed E-state index contributed by atoms with van der Waals surface area (Å²) in [6.07, 6.45) is 0.417. The van der Waals surface area contributed by atoms with Gasteiger partial charge in [0.25, 0.3) is 5.56 Å². The van der Waals surface area contributed by atoms with Crippen molar-refractivity contribution in [3.8, 4) is 10.4 Å². The van der Waals surface area contributed by atoms with Gasteiger partial charge in [0.15, 0.2) is 0 Å². The Bertz CT molecular complexity index is 1370. The summed E-state index contributed by atoms with van der Waals surface area (Å²) < 4.78 is 13.8. The quantitative estimate of drug-likeness (QED) is 0.473. The van der Waals surface area contributed by atoms with Crippen LogP contribution in [0.15, 0.2) is 59.4 Å². The molecule has 0 radical (unpaired) electrons. The molecule has 1 fully saturated rings. The number of aromatic nitrogens is 2. The van der Waals surface area contributed by atoms with E-state index in [1.165, 1.54) is 29.0 Å². The fourth-order valence-corrected chi connectivity index (χ4v) is 5.18. The van der Waals surface area contributed by atoms with Crippen molar-refractivity contribution in [1.29, 1.82) is 0 Å². The Morgan fingerprint density at radius 3 is 2.47 bits per heavy atom. The first-order valence-corrected chi connectivity index (χ1v) is 12.1. The molecule has 0 spiro atoms. The average Bonchev–Trinajstić information content (AvgIpc) is 3.26. The van der Waals surface area contributed by atoms with Crippen LogP contribution in [0, 0.1) is 12.7 Å². The highest BCUT2D eigenvalue weighted by Crippen LogP contribution is 2.31. The maximum absolute atomic E-state index is 13.2. The summed E-state index contributed by atoms with van der Waals surface area (Å²) in [6.45, 7) is 5.33. The van der Waals surface area contributed by atoms with E-state index in [1.807, 2.05) is 42.2 Å². The molecule has 0 saturated carbocycles. The largest absolute Gasteiger partial charge is 0.340 e. The summed E-state index contributed by atoms with van der Waals surface area (Å²) in [5, 5.41) is 0. The SMILES string of the molecule is Cc1ccc(CC(=O)N2CCN(Cc3nc4cc(-c5ccc(F)cc5)sc4c(=O)[nH]3)CC2)cc1. The van der Waals surface area contributed by atoms with E-state index >= 15 is 0 Å². The van der Waals surface area contributed by atoms with Crippen LogP contribution in [0.3, 0.4) is 0 Å². The molecule has 0 unspecified atom stereocenters. The lowest BCUT2D eigenvalue weighted by Crippen LogP contribution is -2.49. The second-order valence-electron chi connectivity index (χ2n) is 8.66. The summed E-state index contributed by atoms with van der Waals surface area (Å²) in [6, 6.07) is 16.2. The molecular formula is C26H25FN4O2S. The van der Waals surface area contributed by atoms with Crippen molar-refractivity contribution in [3.63, 3.8) is 0 Å². The zero-order valence-electron chi connectivity index (χ0n) is 18.9. The Balaban J connectivity index is 1.22. The minimum absolute atomic E-state index is 0.142. The number of rotatable bonds is 5. The van der Waals surface area contributed by atoms with E-state index in [2.05, 4.69) is 14.9 Å². The van der Waals surface area contributed by atoms with Crippen LogP contribution in [0.5, 0.6) is 0 Å². The molecule has 2 aromatic heterocycles. The van der Waals surface area contributed by atoms with E-state index < -0.39 is 0 Å². The molecule has 0 atom stereocenters. The minimum Gasteiger partial charge on any atom is -0.340 e. The van der Waals surface area contributed by atoms with E-state index in [0.29, 0.717) is 42.1 Å². The van der Waals surface area contributed by atoms with Gasteiger partial charge in [-0.15, -0.1) is 11.3 Å². The molecule has 6 nitrogen and oxygen atoms in total. The molecule has 4 aromatic rings. The Morgan fingerprint density at radius 1 is 1.06 bits per heavy atom. The van der Waals surface area contributed by atoms with Gasteiger partial charge < -0.3 is 9.88 Å². The first-order valence-electron chi connectivity index (χ1n) is 11.3. The highest BCUT2D eigenvalue weighted by atomic mass is 32.1. The number of aromatic amines is 1. The van der Waals surface area contributed by atoms with Crippen molar-refractivity contribution < 1.29 is 9.18 Å². The van der Waals surface area contributed by atoms with Crippen molar-refractivity contribution in [2.75, 3.05) is 26.2 Å². The summed E-state index contributed by atoms with van der Waals surface area (Å²) in [5.41, 5.74) is 3.56. The van der Waals surface area contributed by atoms with Gasteiger partial charge in [0.2, 0.25) is 5.91 Å². The monoisotopic (exact) mass is 476 g/mol. The Morgan fingerprint density at radius 2 is 1.76 bits per heavy atom. The molecule has 1 saturated heterocycles. The van der Waals surface area contributed by atoms with Gasteiger partial charge in [-0.3, -0.25) is 14.5 Å². The molecule has 3 heterocycles. The number of piperazine rings is 1. The molecule has 8 heteroatoms. The third-order valence-corrected chi connectivity index (χ3v) is 7.31. The van der Waals surface area contributed by atoms with Gasteiger partial charge in [0.05, 0.1) is 18.5 Å². The van der Waals surface area contributed by atoms with Crippen molar-refractivity contribution in [1.82, 2.24) is 19.8 Å². The predicted octanol–water partition coefficient (Wildman–Crippen LogP) is 3.99. The molecule has 0 bridgehead atoms. The predicted molar refractivity (Wildman–Crippen MR) is 132 cm³/mol. The Kier molecular flexibility index (Phi) is 6.26. The molecule has 1 aliphatic rings. The third-order valence-electron chi connectivity index (χ3n) is 6.13. The van der Waals surface area contributed by atoms with Crippen molar-refractivity contribution >= 4 is 27.5 Å². The fraction of sp³-hybridized carbons (Fsp3) is 0.269. The van der Waals surface area contributed by atoms with Gasteiger partial charge >= 0.3 is 0 Å². The third kappa shape index (κ3) is 4.93. The highest BCUT2D eigenvalue weighted by molar-refractivity contribution is 7.22. The first-order chi connectivity index (χ1) is 16.4. The smallest absolute Gasteiger partial charge is 0.268 e. The van der Waals surface area contributed by atoms with Gasteiger partial charge in [-0.2, -0.15) is 0 Å². The second kappa shape index (κ2) is 9.48. The molecule has 174 valence electrons. The fourth-order valence-electron chi connectivity index (χ4n) is 4.18. The van der Waals surface area contributed by atoms with Crippen molar-refractivity contribution in [2.24, 2.45) is 0 Å². The van der Waals surface area contributed by atoms with Gasteiger partial charge in [-0.1, -0.05) is 42.0 Å². The summed E-state index contributed by atoms with van der Waals surface area (Å²) in [4.78, 5) is 37.9. The number of hydrogen-bond donors (Lipinski definition) is 1. The molecule has 1 amide bonds. The zero-order valence-corrected chi connectivity index (χ0v) is 19.7. The van der Waals surface area contributed by atoms with Crippen LogP contribution in [0.1, 0.15) is 17.0 Å². The van der Waals surface area contributed by atoms with Crippen LogP contribution >= 0.6 is 11.3 Å². The molecule has 0 aliphatic carbocycles. The minimum atomic E-state index is -0.292. The van der Waals surface area contributed by atoms with Crippen LogP contribution in [0.4, 0.5) is 4.39 Å². The standard InChI is InChI=1S/C26H25FN4O2S/c1-17-2-4-18(5-3-17)14-24(32)31-12-10-30(11-13-31)16-23-28-21-15-22(34-25(21)26(33)29-23)19-6-8-20(27)9-7-19/h2-9,15H,10-14,16H2,1H3,(H,28,29,33). The highest BCUT2D eigenvalue weighted by Gasteiger charge is 2.22. The van der Waals surface area contributed by atoms with E-state index in [9.17, 15) is 14.0 Å². The average molecular weight is 477 g/mol. The van der Waals surface area contributed by atoms with Crippen LogP contribution in [-0.4, -0.2) is 51.9 Å².